The quantitative estimate of drug-likeness (QED) is 0.647. The van der Waals surface area contributed by atoms with Crippen LogP contribution in [0.1, 0.15) is 18.4 Å². The first kappa shape index (κ1) is 11.9. The Morgan fingerprint density at radius 2 is 1.88 bits per heavy atom. The van der Waals surface area contributed by atoms with E-state index in [0.29, 0.717) is 6.07 Å². The summed E-state index contributed by atoms with van der Waals surface area (Å²) < 4.78 is 53.3. The molecule has 4 heteroatoms. The minimum Gasteiger partial charge on any atom is -0.238 e. The van der Waals surface area contributed by atoms with Crippen LogP contribution < -0.4 is 0 Å². The van der Waals surface area contributed by atoms with Crippen molar-refractivity contribution < 1.29 is 17.6 Å². The van der Waals surface area contributed by atoms with Gasteiger partial charge < -0.3 is 0 Å². The Morgan fingerprint density at radius 3 is 2.47 bits per heavy atom. The van der Waals surface area contributed by atoms with E-state index in [1.807, 2.05) is 0 Å². The summed E-state index contributed by atoms with van der Waals surface area (Å²) in [5.41, 5.74) is -2.02. The summed E-state index contributed by atoms with van der Waals surface area (Å²) in [6.45, 7) is 1.16. The van der Waals surface area contributed by atoms with E-state index in [9.17, 15) is 17.6 Å². The summed E-state index contributed by atoms with van der Waals surface area (Å²) in [6, 6.07) is 2.92. The van der Waals surface area contributed by atoms with Crippen molar-refractivity contribution in [2.24, 2.45) is 0 Å². The Labute approximate surface area is 96.3 Å². The van der Waals surface area contributed by atoms with Gasteiger partial charge in [-0.05, 0) is 30.7 Å². The fraction of sp³-hybridized carbons (Fsp3) is 0.231. The zero-order chi connectivity index (χ0) is 12.6. The van der Waals surface area contributed by atoms with E-state index in [0.717, 1.165) is 25.1 Å². The van der Waals surface area contributed by atoms with Crippen LogP contribution in [-0.4, -0.2) is 5.67 Å². The van der Waals surface area contributed by atoms with Crippen molar-refractivity contribution in [2.45, 2.75) is 18.5 Å². The van der Waals surface area contributed by atoms with Gasteiger partial charge in [0, 0.05) is 12.0 Å². The van der Waals surface area contributed by atoms with Crippen molar-refractivity contribution in [3.63, 3.8) is 0 Å². The molecule has 0 saturated heterocycles. The van der Waals surface area contributed by atoms with Gasteiger partial charge in [-0.2, -0.15) is 0 Å². The zero-order valence-electron chi connectivity index (χ0n) is 9.05. The van der Waals surface area contributed by atoms with Crippen molar-refractivity contribution in [1.82, 2.24) is 0 Å². The van der Waals surface area contributed by atoms with Gasteiger partial charge in [0.05, 0.1) is 0 Å². The highest BCUT2D eigenvalue weighted by Crippen LogP contribution is 2.39. The molecule has 90 valence electrons. The maximum absolute atomic E-state index is 14.1. The average molecular weight is 242 g/mol. The Hall–Kier alpha value is -1.58. The first-order valence-corrected chi connectivity index (χ1v) is 5.10. The van der Waals surface area contributed by atoms with Gasteiger partial charge in [0.15, 0.2) is 0 Å². The van der Waals surface area contributed by atoms with Crippen LogP contribution in [0.2, 0.25) is 0 Å². The number of alkyl halides is 1. The van der Waals surface area contributed by atoms with E-state index in [1.54, 1.807) is 0 Å². The standard InChI is InChI=1S/C13H10F4/c1-13(17)7-9(15)3-5-11(13)10-4-2-8(14)6-12(10)16/h2-7,11H,1H3. The summed E-state index contributed by atoms with van der Waals surface area (Å²) >= 11 is 0. The lowest BCUT2D eigenvalue weighted by Gasteiger charge is -2.28. The van der Waals surface area contributed by atoms with Gasteiger partial charge in [0.2, 0.25) is 0 Å². The number of benzene rings is 1. The molecule has 2 atom stereocenters. The molecule has 1 aliphatic carbocycles. The van der Waals surface area contributed by atoms with Crippen LogP contribution in [0.15, 0.2) is 42.3 Å². The molecular weight excluding hydrogens is 232 g/mol. The van der Waals surface area contributed by atoms with Crippen molar-refractivity contribution in [2.75, 3.05) is 0 Å². The third-order valence-corrected chi connectivity index (χ3v) is 2.77. The summed E-state index contributed by atoms with van der Waals surface area (Å²) in [4.78, 5) is 0. The molecule has 0 spiro atoms. The van der Waals surface area contributed by atoms with Gasteiger partial charge >= 0.3 is 0 Å². The second-order valence-corrected chi connectivity index (χ2v) is 4.18. The van der Waals surface area contributed by atoms with Crippen molar-refractivity contribution in [3.05, 3.63) is 59.5 Å². The molecule has 0 fully saturated rings. The normalized spacial score (nSPS) is 28.1. The van der Waals surface area contributed by atoms with E-state index < -0.39 is 29.0 Å². The Morgan fingerprint density at radius 1 is 1.18 bits per heavy atom. The van der Waals surface area contributed by atoms with Crippen LogP contribution in [0.3, 0.4) is 0 Å². The minimum absolute atomic E-state index is 0.0106. The summed E-state index contributed by atoms with van der Waals surface area (Å²) in [5.74, 6) is -3.22. The number of hydrogen-bond acceptors (Lipinski definition) is 0. The third-order valence-electron chi connectivity index (χ3n) is 2.77. The average Bonchev–Trinajstić information content (AvgIpc) is 2.18. The van der Waals surface area contributed by atoms with Gasteiger partial charge in [-0.25, -0.2) is 17.6 Å². The van der Waals surface area contributed by atoms with E-state index in [4.69, 9.17) is 0 Å². The van der Waals surface area contributed by atoms with Crippen LogP contribution in [-0.2, 0) is 0 Å². The molecular formula is C13H10F4. The smallest absolute Gasteiger partial charge is 0.139 e. The first-order chi connectivity index (χ1) is 7.90. The molecule has 2 rings (SSSR count). The highest BCUT2D eigenvalue weighted by atomic mass is 19.2. The van der Waals surface area contributed by atoms with Crippen LogP contribution in [0.25, 0.3) is 0 Å². The van der Waals surface area contributed by atoms with Gasteiger partial charge in [-0.1, -0.05) is 12.1 Å². The van der Waals surface area contributed by atoms with Gasteiger partial charge in [0.1, 0.15) is 23.1 Å². The van der Waals surface area contributed by atoms with E-state index in [-0.39, 0.29) is 5.56 Å². The Bertz CT molecular complexity index is 500. The fourth-order valence-corrected chi connectivity index (χ4v) is 1.95. The number of allylic oxidation sites excluding steroid dienone is 4. The minimum atomic E-state index is -2.03. The van der Waals surface area contributed by atoms with E-state index in [2.05, 4.69) is 0 Å². The lowest BCUT2D eigenvalue weighted by Crippen LogP contribution is -2.27. The van der Waals surface area contributed by atoms with Crippen LogP contribution in [0.5, 0.6) is 0 Å². The van der Waals surface area contributed by atoms with E-state index in [1.165, 1.54) is 12.1 Å². The van der Waals surface area contributed by atoms with Crippen LogP contribution in [0.4, 0.5) is 17.6 Å². The van der Waals surface area contributed by atoms with Gasteiger partial charge in [0.25, 0.3) is 0 Å². The molecule has 1 aliphatic rings. The lowest BCUT2D eigenvalue weighted by molar-refractivity contribution is 0.223. The molecule has 0 saturated carbocycles. The molecule has 1 aromatic rings. The lowest BCUT2D eigenvalue weighted by atomic mass is 9.81. The number of rotatable bonds is 1. The SMILES string of the molecule is CC1(F)C=C(F)C=CC1c1ccc(F)cc1F. The van der Waals surface area contributed by atoms with Crippen LogP contribution >= 0.6 is 0 Å². The molecule has 0 bridgehead atoms. The van der Waals surface area contributed by atoms with E-state index >= 15 is 0 Å². The third kappa shape index (κ3) is 2.25. The zero-order valence-corrected chi connectivity index (χ0v) is 9.05. The summed E-state index contributed by atoms with van der Waals surface area (Å²) in [6.07, 6.45) is 3.11. The highest BCUT2D eigenvalue weighted by Gasteiger charge is 2.36. The fourth-order valence-electron chi connectivity index (χ4n) is 1.95. The van der Waals surface area contributed by atoms with Crippen molar-refractivity contribution in [3.8, 4) is 0 Å². The predicted molar refractivity (Wildman–Crippen MR) is 56.9 cm³/mol. The molecule has 0 aromatic heterocycles. The molecule has 0 amide bonds. The summed E-state index contributed by atoms with van der Waals surface area (Å²) in [5, 5.41) is 0. The number of halogens is 4. The molecule has 0 nitrogen and oxygen atoms in total. The molecule has 1 aromatic carbocycles. The van der Waals surface area contributed by atoms with Gasteiger partial charge in [-0.15, -0.1) is 0 Å². The van der Waals surface area contributed by atoms with Crippen molar-refractivity contribution in [1.29, 1.82) is 0 Å². The predicted octanol–water partition coefficient (Wildman–Crippen LogP) is 4.20. The maximum Gasteiger partial charge on any atom is 0.139 e. The highest BCUT2D eigenvalue weighted by molar-refractivity contribution is 5.37. The van der Waals surface area contributed by atoms with Crippen molar-refractivity contribution >= 4 is 0 Å². The molecule has 17 heavy (non-hydrogen) atoms. The topological polar surface area (TPSA) is 0 Å². The van der Waals surface area contributed by atoms with Crippen LogP contribution in [0, 0.1) is 11.6 Å². The molecule has 0 heterocycles. The number of hydrogen-bond donors (Lipinski definition) is 0. The largest absolute Gasteiger partial charge is 0.238 e. The molecule has 0 radical (unpaired) electrons. The molecule has 0 aliphatic heterocycles. The molecule has 0 N–H and O–H groups in total. The second kappa shape index (κ2) is 4.02. The second-order valence-electron chi connectivity index (χ2n) is 4.18. The molecule has 2 unspecified atom stereocenters. The maximum atomic E-state index is 14.1. The monoisotopic (exact) mass is 242 g/mol. The Kier molecular flexibility index (Phi) is 2.81. The Balaban J connectivity index is 2.45. The summed E-state index contributed by atoms with van der Waals surface area (Å²) in [7, 11) is 0. The first-order valence-electron chi connectivity index (χ1n) is 5.10. The van der Waals surface area contributed by atoms with Gasteiger partial charge in [-0.3, -0.25) is 0 Å².